The van der Waals surface area contributed by atoms with Crippen molar-refractivity contribution in [1.82, 2.24) is 35.4 Å². The monoisotopic (exact) mass is 525 g/mol. The highest BCUT2D eigenvalue weighted by atomic mass is 16.3. The van der Waals surface area contributed by atoms with E-state index in [1.165, 1.54) is 24.2 Å². The van der Waals surface area contributed by atoms with Gasteiger partial charge in [0, 0.05) is 81.0 Å². The third kappa shape index (κ3) is 4.57. The standard InChI is InChI=1S/C29H35N9O/c1-19-27-23-14-25(22-4-2-3-5-26(22)39)34-35-28(23)33-24(27)7-11-38(19)29-31-15-21(16-32-29)37-10-6-20(18-37)17-36-12-8-30-9-13-36/h2-5,14-16,19-20,30,39H,6-13,17-18H2,1H3,(H,33,35)/t19-,20?/m1/s1. The van der Waals surface area contributed by atoms with Crippen molar-refractivity contribution in [2.24, 2.45) is 5.92 Å². The zero-order chi connectivity index (χ0) is 26.3. The van der Waals surface area contributed by atoms with Crippen LogP contribution >= 0.6 is 0 Å². The number of fused-ring (bicyclic) bond motifs is 3. The van der Waals surface area contributed by atoms with Gasteiger partial charge < -0.3 is 30.1 Å². The predicted molar refractivity (Wildman–Crippen MR) is 152 cm³/mol. The molecule has 3 aromatic heterocycles. The van der Waals surface area contributed by atoms with Crippen LogP contribution in [-0.2, 0) is 6.42 Å². The normalized spacial score (nSPS) is 22.0. The van der Waals surface area contributed by atoms with Gasteiger partial charge in [-0.15, -0.1) is 10.2 Å². The summed E-state index contributed by atoms with van der Waals surface area (Å²) >= 11 is 0. The number of piperazine rings is 1. The number of aromatic amines is 1. The Hall–Kier alpha value is -3.76. The van der Waals surface area contributed by atoms with Crippen LogP contribution in [0, 0.1) is 5.92 Å². The summed E-state index contributed by atoms with van der Waals surface area (Å²) in [6.07, 6.45) is 6.07. The molecule has 0 saturated carbocycles. The summed E-state index contributed by atoms with van der Waals surface area (Å²) in [4.78, 5) is 20.5. The van der Waals surface area contributed by atoms with Gasteiger partial charge in [0.1, 0.15) is 5.75 Å². The van der Waals surface area contributed by atoms with Gasteiger partial charge in [-0.05, 0) is 37.5 Å². The van der Waals surface area contributed by atoms with Crippen molar-refractivity contribution in [2.45, 2.75) is 25.8 Å². The number of H-pyrrole nitrogens is 1. The van der Waals surface area contributed by atoms with Gasteiger partial charge in [0.2, 0.25) is 5.95 Å². The first-order valence-corrected chi connectivity index (χ1v) is 14.1. The number of phenols is 1. The molecule has 0 spiro atoms. The maximum atomic E-state index is 10.3. The van der Waals surface area contributed by atoms with Gasteiger partial charge in [0.05, 0.1) is 29.8 Å². The van der Waals surface area contributed by atoms with Crippen LogP contribution in [0.3, 0.4) is 0 Å². The molecule has 39 heavy (non-hydrogen) atoms. The van der Waals surface area contributed by atoms with Gasteiger partial charge >= 0.3 is 0 Å². The van der Waals surface area contributed by atoms with Gasteiger partial charge in [-0.3, -0.25) is 0 Å². The van der Waals surface area contributed by atoms with Crippen LogP contribution in [-0.4, -0.2) is 87.5 Å². The van der Waals surface area contributed by atoms with E-state index in [1.807, 2.05) is 36.7 Å². The van der Waals surface area contributed by atoms with E-state index in [-0.39, 0.29) is 11.8 Å². The second-order valence-corrected chi connectivity index (χ2v) is 11.0. The van der Waals surface area contributed by atoms with E-state index >= 15 is 0 Å². The number of benzene rings is 1. The summed E-state index contributed by atoms with van der Waals surface area (Å²) in [7, 11) is 0. The minimum Gasteiger partial charge on any atom is -0.507 e. The number of para-hydroxylation sites is 1. The lowest BCUT2D eigenvalue weighted by Crippen LogP contribution is -2.45. The van der Waals surface area contributed by atoms with E-state index in [4.69, 9.17) is 9.97 Å². The Labute approximate surface area is 228 Å². The first kappa shape index (κ1) is 24.3. The highest BCUT2D eigenvalue weighted by molar-refractivity contribution is 5.86. The Kier molecular flexibility index (Phi) is 6.28. The lowest BCUT2D eigenvalue weighted by Gasteiger charge is -2.34. The first-order valence-electron chi connectivity index (χ1n) is 14.1. The first-order chi connectivity index (χ1) is 19.1. The minimum atomic E-state index is 0.0740. The Morgan fingerprint density at radius 3 is 2.67 bits per heavy atom. The third-order valence-corrected chi connectivity index (χ3v) is 8.60. The van der Waals surface area contributed by atoms with Gasteiger partial charge in [0.25, 0.3) is 0 Å². The number of anilines is 2. The zero-order valence-corrected chi connectivity index (χ0v) is 22.3. The number of aromatic nitrogens is 5. The quantitative estimate of drug-likeness (QED) is 0.362. The molecule has 4 aromatic rings. The van der Waals surface area contributed by atoms with E-state index in [2.05, 4.69) is 42.1 Å². The molecule has 0 radical (unpaired) electrons. The van der Waals surface area contributed by atoms with Crippen molar-refractivity contribution in [2.75, 3.05) is 62.2 Å². The average molecular weight is 526 g/mol. The molecule has 1 unspecified atom stereocenters. The molecule has 0 amide bonds. The maximum absolute atomic E-state index is 10.3. The van der Waals surface area contributed by atoms with E-state index < -0.39 is 0 Å². The molecular weight excluding hydrogens is 490 g/mol. The molecule has 1 aromatic carbocycles. The van der Waals surface area contributed by atoms with Gasteiger partial charge in [0.15, 0.2) is 5.65 Å². The van der Waals surface area contributed by atoms with Gasteiger partial charge in [-0.25, -0.2) is 9.97 Å². The van der Waals surface area contributed by atoms with Crippen LogP contribution in [0.15, 0.2) is 42.7 Å². The van der Waals surface area contributed by atoms with Crippen molar-refractivity contribution < 1.29 is 5.11 Å². The summed E-state index contributed by atoms with van der Waals surface area (Å²) in [5.41, 5.74) is 5.61. The highest BCUT2D eigenvalue weighted by Gasteiger charge is 2.31. The topological polar surface area (TPSA) is 109 Å². The predicted octanol–water partition coefficient (Wildman–Crippen LogP) is 2.98. The number of hydrogen-bond donors (Lipinski definition) is 3. The molecule has 3 aliphatic rings. The van der Waals surface area contributed by atoms with Crippen molar-refractivity contribution in [3.63, 3.8) is 0 Å². The molecule has 2 saturated heterocycles. The molecule has 3 N–H and O–H groups in total. The lowest BCUT2D eigenvalue weighted by atomic mass is 9.97. The summed E-state index contributed by atoms with van der Waals surface area (Å²) in [5, 5.41) is 23.7. The summed E-state index contributed by atoms with van der Waals surface area (Å²) < 4.78 is 0. The summed E-state index contributed by atoms with van der Waals surface area (Å²) in [6.45, 7) is 10.9. The van der Waals surface area contributed by atoms with Crippen molar-refractivity contribution in [3.8, 4) is 17.0 Å². The molecule has 7 rings (SSSR count). The fourth-order valence-electron chi connectivity index (χ4n) is 6.51. The summed E-state index contributed by atoms with van der Waals surface area (Å²) in [6, 6.07) is 9.35. The Morgan fingerprint density at radius 2 is 1.85 bits per heavy atom. The largest absolute Gasteiger partial charge is 0.507 e. The lowest BCUT2D eigenvalue weighted by molar-refractivity contribution is 0.212. The maximum Gasteiger partial charge on any atom is 0.225 e. The fourth-order valence-corrected chi connectivity index (χ4v) is 6.51. The minimum absolute atomic E-state index is 0.0740. The number of hydrogen-bond acceptors (Lipinski definition) is 9. The van der Waals surface area contributed by atoms with Crippen LogP contribution in [0.2, 0.25) is 0 Å². The summed E-state index contributed by atoms with van der Waals surface area (Å²) in [5.74, 6) is 1.66. The molecule has 0 aliphatic carbocycles. The Morgan fingerprint density at radius 1 is 1.03 bits per heavy atom. The van der Waals surface area contributed by atoms with Gasteiger partial charge in [-0.1, -0.05) is 12.1 Å². The van der Waals surface area contributed by atoms with Crippen molar-refractivity contribution >= 4 is 22.7 Å². The molecular formula is C29H35N9O. The Balaban J connectivity index is 1.09. The molecule has 3 aliphatic heterocycles. The van der Waals surface area contributed by atoms with Crippen LogP contribution in [0.5, 0.6) is 5.75 Å². The number of aromatic hydroxyl groups is 1. The number of nitrogens with zero attached hydrogens (tertiary/aromatic N) is 7. The SMILES string of the molecule is C[C@@H]1c2c([nH]c3nnc(-c4ccccc4O)cc23)CCN1c1ncc(N2CCC(CN3CCNCC3)C2)cn1. The van der Waals surface area contributed by atoms with Crippen LogP contribution in [0.25, 0.3) is 22.3 Å². The van der Waals surface area contributed by atoms with E-state index in [0.29, 0.717) is 17.2 Å². The van der Waals surface area contributed by atoms with Crippen LogP contribution < -0.4 is 15.1 Å². The fraction of sp³-hybridized carbons (Fsp3) is 0.448. The second-order valence-electron chi connectivity index (χ2n) is 11.0. The zero-order valence-electron chi connectivity index (χ0n) is 22.3. The number of nitrogens with one attached hydrogen (secondary N) is 2. The van der Waals surface area contributed by atoms with Crippen LogP contribution in [0.4, 0.5) is 11.6 Å². The second kappa shape index (κ2) is 10.1. The van der Waals surface area contributed by atoms with E-state index in [0.717, 1.165) is 74.9 Å². The number of rotatable bonds is 5. The smallest absolute Gasteiger partial charge is 0.225 e. The molecule has 202 valence electrons. The van der Waals surface area contributed by atoms with Gasteiger partial charge in [-0.2, -0.15) is 0 Å². The molecule has 2 fully saturated rings. The molecule has 6 heterocycles. The molecule has 10 nitrogen and oxygen atoms in total. The van der Waals surface area contributed by atoms with E-state index in [1.54, 1.807) is 6.07 Å². The van der Waals surface area contributed by atoms with Crippen molar-refractivity contribution in [1.29, 1.82) is 0 Å². The number of phenolic OH excluding ortho intramolecular Hbond substituents is 1. The molecule has 0 bridgehead atoms. The van der Waals surface area contributed by atoms with Crippen molar-refractivity contribution in [3.05, 3.63) is 54.0 Å². The molecule has 10 heteroatoms. The highest BCUT2D eigenvalue weighted by Crippen LogP contribution is 2.38. The average Bonchev–Trinajstić information content (AvgIpc) is 3.59. The van der Waals surface area contributed by atoms with Crippen LogP contribution in [0.1, 0.15) is 30.6 Å². The molecule has 2 atom stereocenters. The third-order valence-electron chi connectivity index (χ3n) is 8.60. The Bertz CT molecular complexity index is 1460. The van der Waals surface area contributed by atoms with E-state index in [9.17, 15) is 5.11 Å².